The van der Waals surface area contributed by atoms with E-state index in [1.54, 1.807) is 78.9 Å². The molecule has 16 aromatic rings. The Labute approximate surface area is 906 Å². The molecular weight excluding hydrogens is 2050 g/mol. The van der Waals surface area contributed by atoms with Gasteiger partial charge in [-0.3, -0.25) is 76.7 Å². The number of hydrogen-bond donors (Lipinski definition) is 0. The Morgan fingerprint density at radius 2 is 0.392 bits per heavy atom. The van der Waals surface area contributed by atoms with Crippen molar-refractivity contribution in [3.63, 3.8) is 0 Å². The lowest BCUT2D eigenvalue weighted by atomic mass is 10.0. The Hall–Kier alpha value is -13.3. The SMILES string of the molecule is Cc1ccc(C(=O)CCC(=O)c2ccc(C)s2)cc1.Cc1ccc(C(=O)CCC(=O)c2ccc(C)s2)cc1.Cc1ccc(C(=O)CCC(=O)c2ccc(Cl)s2)cc1.Cc1ccc(C(=O)CCC(=O)c2cccs2)cc1.Cc1ccc(C(=O)CCC(=O)c2cccs2)cc1.Cc1ccc(C(=O)CCC(=O)c2cccs2)cc1.Cc1cccc(C(=O)CCC(=O)c2ccc(C)s2)c1.O=C(CCC(=O)c1ccccc1Cl)c1cccs1. The Morgan fingerprint density at radius 1 is 0.176 bits per heavy atom. The molecule has 8 aromatic heterocycles. The van der Waals surface area contributed by atoms with Gasteiger partial charge in [0.05, 0.1) is 48.4 Å². The quantitative estimate of drug-likeness (QED) is 0.0323. The van der Waals surface area contributed by atoms with Crippen LogP contribution in [-0.2, 0) is 0 Å². The summed E-state index contributed by atoms with van der Waals surface area (Å²) in [4.78, 5) is 199. The fraction of sp³-hybridized carbons (Fsp3) is 0.213. The number of thiophene rings is 8. The van der Waals surface area contributed by atoms with Crippen molar-refractivity contribution < 1.29 is 76.7 Å². The molecule has 0 aliphatic carbocycles. The van der Waals surface area contributed by atoms with Crippen LogP contribution in [0.25, 0.3) is 0 Å². The Bertz CT molecular complexity index is 6630. The van der Waals surface area contributed by atoms with Crippen molar-refractivity contribution in [1.82, 2.24) is 0 Å². The highest BCUT2D eigenvalue weighted by Gasteiger charge is 2.22. The summed E-state index contributed by atoms with van der Waals surface area (Å²) in [6, 6.07) is 88.2. The largest absolute Gasteiger partial charge is 0.294 e. The summed E-state index contributed by atoms with van der Waals surface area (Å²) in [6.07, 6.45) is 4.25. The summed E-state index contributed by atoms with van der Waals surface area (Å²) in [7, 11) is 0. The Balaban J connectivity index is 0.000000188. The van der Waals surface area contributed by atoms with Crippen LogP contribution in [0, 0.1) is 69.2 Å². The van der Waals surface area contributed by atoms with Gasteiger partial charge in [0.25, 0.3) is 0 Å². The lowest BCUT2D eigenvalue weighted by molar-refractivity contribution is 0.0919. The molecule has 0 spiro atoms. The topological polar surface area (TPSA) is 273 Å². The minimum atomic E-state index is -0.0921. The van der Waals surface area contributed by atoms with E-state index in [-0.39, 0.29) is 195 Å². The molecule has 0 N–H and O–H groups in total. The van der Waals surface area contributed by atoms with E-state index in [9.17, 15) is 76.7 Å². The van der Waals surface area contributed by atoms with Crippen LogP contribution in [-0.4, -0.2) is 92.5 Å². The van der Waals surface area contributed by atoms with Gasteiger partial charge in [0.1, 0.15) is 0 Å². The zero-order chi connectivity index (χ0) is 107. The summed E-state index contributed by atoms with van der Waals surface area (Å²) in [5, 5.41) is 7.90. The monoisotopic (exact) mass is 2160 g/mol. The number of carbonyl (C=O) groups is 16. The van der Waals surface area contributed by atoms with Gasteiger partial charge in [-0.15, -0.1) is 90.7 Å². The first kappa shape index (κ1) is 118. The van der Waals surface area contributed by atoms with Crippen LogP contribution in [0.15, 0.2) is 313 Å². The van der Waals surface area contributed by atoms with Gasteiger partial charge in [-0.2, -0.15) is 0 Å². The molecule has 760 valence electrons. The van der Waals surface area contributed by atoms with Gasteiger partial charge in [0.2, 0.25) is 0 Å². The average molecular weight is 2160 g/mol. The smallest absolute Gasteiger partial charge is 0.173 e. The molecule has 16 rings (SSSR count). The second-order valence-corrected chi connectivity index (χ2v) is 44.3. The lowest BCUT2D eigenvalue weighted by Gasteiger charge is -2.02. The first-order valence-corrected chi connectivity index (χ1v) is 55.3. The molecule has 8 aromatic carbocycles. The molecule has 0 saturated carbocycles. The maximum Gasteiger partial charge on any atom is 0.173 e. The van der Waals surface area contributed by atoms with Crippen molar-refractivity contribution in [1.29, 1.82) is 0 Å². The standard InChI is InChI=1S/3C16H16O2S.C15H13ClO2S.3C15H14O2S.C14H11ClO2S/c2*1-11-3-6-13(7-4-11)14(17)8-9-15(18)16-10-5-12(2)19-16;1-11-4-3-5-13(10-11)14(17)7-8-15(18)16-9-6-12(2)19-16;1-10-2-4-11(5-3-10)12(17)6-7-13(18)14-8-9-15(16)19-14;3*1-11-4-6-12(7-5-11)13(16)8-9-14(17)15-3-2-10-18-15;15-11-5-2-1-4-10(11)12(16)7-8-13(17)14-6-3-9-18-14/h2*3-7,10H,8-9H2,1-2H3;3-6,9-10H,7-8H2,1-2H3;2-5,8-9H,6-7H2,1H3;3*2-7,10H,8-9H2,1H3;1-6,9H,7-8H2. The molecular formula is C122H114Cl2O16S8. The summed E-state index contributed by atoms with van der Waals surface area (Å²) in [6.45, 7) is 19.7. The molecule has 26 heteroatoms. The summed E-state index contributed by atoms with van der Waals surface area (Å²) in [5.74, 6) is 0.357. The van der Waals surface area contributed by atoms with Gasteiger partial charge in [-0.25, -0.2) is 0 Å². The second kappa shape index (κ2) is 62.1. The average Bonchev–Trinajstić information content (AvgIpc) is 1.79. The van der Waals surface area contributed by atoms with Crippen molar-refractivity contribution in [2.45, 2.75) is 172 Å². The van der Waals surface area contributed by atoms with E-state index in [2.05, 4.69) is 0 Å². The molecule has 0 amide bonds. The van der Waals surface area contributed by atoms with Crippen LogP contribution in [0.4, 0.5) is 0 Å². The lowest BCUT2D eigenvalue weighted by Crippen LogP contribution is -2.04. The highest BCUT2D eigenvalue weighted by molar-refractivity contribution is 7.18. The third-order valence-corrected chi connectivity index (χ3v) is 30.8. The third-order valence-electron chi connectivity index (χ3n) is 22.5. The minimum Gasteiger partial charge on any atom is -0.294 e. The molecule has 148 heavy (non-hydrogen) atoms. The van der Waals surface area contributed by atoms with Crippen LogP contribution < -0.4 is 0 Å². The number of Topliss-reactive ketones (excluding diaryl/α,β-unsaturated/α-hetero) is 16. The molecule has 0 aliphatic heterocycles. The van der Waals surface area contributed by atoms with Crippen molar-refractivity contribution in [3.05, 3.63) is 459 Å². The summed E-state index contributed by atoms with van der Waals surface area (Å²) >= 11 is 23.1. The molecule has 0 unspecified atom stereocenters. The van der Waals surface area contributed by atoms with Crippen LogP contribution in [0.3, 0.4) is 0 Å². The number of aryl methyl sites for hydroxylation is 10. The summed E-state index contributed by atoms with van der Waals surface area (Å²) in [5.41, 5.74) is 13.0. The van der Waals surface area contributed by atoms with Crippen LogP contribution >= 0.6 is 114 Å². The van der Waals surface area contributed by atoms with Crippen molar-refractivity contribution in [2.24, 2.45) is 0 Å². The van der Waals surface area contributed by atoms with Crippen molar-refractivity contribution in [3.8, 4) is 0 Å². The van der Waals surface area contributed by atoms with Gasteiger partial charge in [-0.05, 0) is 182 Å². The normalized spacial score (nSPS) is 10.4. The van der Waals surface area contributed by atoms with Crippen molar-refractivity contribution >= 4 is 206 Å². The molecule has 0 bridgehead atoms. The predicted molar refractivity (Wildman–Crippen MR) is 607 cm³/mol. The zero-order valence-electron chi connectivity index (χ0n) is 83.9. The zero-order valence-corrected chi connectivity index (χ0v) is 91.9. The number of carbonyl (C=O) groups excluding carboxylic acids is 16. The van der Waals surface area contributed by atoms with Crippen LogP contribution in [0.2, 0.25) is 9.36 Å². The van der Waals surface area contributed by atoms with E-state index in [0.29, 0.717) is 63.6 Å². The second-order valence-electron chi connectivity index (χ2n) is 34.6. The van der Waals surface area contributed by atoms with E-state index in [0.717, 1.165) is 82.8 Å². The first-order chi connectivity index (χ1) is 70.9. The fourth-order valence-corrected chi connectivity index (χ4v) is 20.4. The van der Waals surface area contributed by atoms with E-state index >= 15 is 0 Å². The van der Waals surface area contributed by atoms with E-state index in [1.165, 1.54) is 90.7 Å². The molecule has 0 aliphatic rings. The number of hydrogen-bond acceptors (Lipinski definition) is 24. The van der Waals surface area contributed by atoms with Crippen LogP contribution in [0.5, 0.6) is 0 Å². The number of benzene rings is 8. The maximum atomic E-state index is 12.0. The molecule has 16 nitrogen and oxygen atoms in total. The molecule has 0 saturated heterocycles. The van der Waals surface area contributed by atoms with Gasteiger partial charge in [0.15, 0.2) is 92.5 Å². The number of halogens is 2. The highest BCUT2D eigenvalue weighted by atomic mass is 35.5. The Morgan fingerprint density at radius 3 is 0.601 bits per heavy atom. The van der Waals surface area contributed by atoms with Gasteiger partial charge in [-0.1, -0.05) is 262 Å². The highest BCUT2D eigenvalue weighted by Crippen LogP contribution is 2.28. The van der Waals surface area contributed by atoms with E-state index < -0.39 is 0 Å². The van der Waals surface area contributed by atoms with Crippen LogP contribution in [0.1, 0.15) is 317 Å². The molecule has 0 radical (unpaired) electrons. The Kier molecular flexibility index (Phi) is 49.6. The minimum absolute atomic E-state index is 0.00370. The maximum absolute atomic E-state index is 12.0. The molecule has 0 atom stereocenters. The third kappa shape index (κ3) is 41.4. The molecule has 8 heterocycles. The summed E-state index contributed by atoms with van der Waals surface area (Å²) < 4.78 is 0.591. The van der Waals surface area contributed by atoms with Gasteiger partial charge >= 0.3 is 0 Å². The van der Waals surface area contributed by atoms with Gasteiger partial charge in [0, 0.05) is 162 Å². The number of rotatable bonds is 40. The number of ketones is 16. The van der Waals surface area contributed by atoms with Gasteiger partial charge < -0.3 is 0 Å². The van der Waals surface area contributed by atoms with E-state index in [4.69, 9.17) is 23.2 Å². The first-order valence-electron chi connectivity index (χ1n) is 47.7. The molecule has 0 fully saturated rings. The fourth-order valence-electron chi connectivity index (χ4n) is 13.9. The predicted octanol–water partition coefficient (Wildman–Crippen LogP) is 33.1. The van der Waals surface area contributed by atoms with Crippen molar-refractivity contribution in [2.75, 3.05) is 0 Å². The van der Waals surface area contributed by atoms with E-state index in [1.807, 2.05) is 303 Å².